The number of ether oxygens (including phenoxy) is 4. The van der Waals surface area contributed by atoms with E-state index in [0.717, 1.165) is 7.11 Å². The summed E-state index contributed by atoms with van der Waals surface area (Å²) in [6, 6.07) is -2.10. The van der Waals surface area contributed by atoms with Crippen molar-refractivity contribution in [1.29, 1.82) is 0 Å². The van der Waals surface area contributed by atoms with Crippen LogP contribution in [0.25, 0.3) is 0 Å². The Kier molecular flexibility index (Phi) is 93.8. The summed E-state index contributed by atoms with van der Waals surface area (Å²) < 4.78 is 22.8. The van der Waals surface area contributed by atoms with E-state index in [2.05, 4.69) is 61.4 Å². The molecule has 0 bridgehead atoms. The Hall–Kier alpha value is -1.06. The molecule has 0 aromatic rings. The number of hydrogen-bond acceptors (Lipinski definition) is 19. The first-order valence-electron chi connectivity index (χ1n) is 24.5. The fourth-order valence-corrected chi connectivity index (χ4v) is 6.06. The second-order valence-corrected chi connectivity index (χ2v) is 18.7. The smallest absolute Gasteiger partial charge is 0.217 e. The van der Waals surface area contributed by atoms with Gasteiger partial charge < -0.3 is 75.5 Å². The van der Waals surface area contributed by atoms with Crippen molar-refractivity contribution in [3.63, 3.8) is 0 Å². The summed E-state index contributed by atoms with van der Waals surface area (Å²) in [5.74, 6) is -0.890. The lowest BCUT2D eigenvalue weighted by atomic mass is 9.83. The van der Waals surface area contributed by atoms with Crippen molar-refractivity contribution in [1.82, 2.24) is 10.6 Å². The van der Waals surface area contributed by atoms with E-state index >= 15 is 0 Å². The minimum atomic E-state index is -1.54. The summed E-state index contributed by atoms with van der Waals surface area (Å²) in [5.41, 5.74) is 0. The minimum Gasteiger partial charge on any atom is -0.400 e. The van der Waals surface area contributed by atoms with E-state index in [1.807, 2.05) is 118 Å². The molecule has 2 amide bonds. The topological polar surface area (TPSA) is 277 Å². The van der Waals surface area contributed by atoms with Crippen LogP contribution in [0.15, 0.2) is 0 Å². The van der Waals surface area contributed by atoms with Crippen LogP contribution in [-0.2, 0) is 28.5 Å². The van der Waals surface area contributed by atoms with Crippen molar-refractivity contribution in [3.8, 4) is 25.7 Å². The van der Waals surface area contributed by atoms with E-state index in [4.69, 9.17) is 29.2 Å². The van der Waals surface area contributed by atoms with E-state index in [9.17, 15) is 45.3 Å². The van der Waals surface area contributed by atoms with Crippen molar-refractivity contribution in [2.24, 2.45) is 17.8 Å². The maximum Gasteiger partial charge on any atom is 0.217 e. The van der Waals surface area contributed by atoms with Gasteiger partial charge in [-0.2, -0.15) is 0 Å². The number of aliphatic hydroxyl groups is 9. The summed E-state index contributed by atoms with van der Waals surface area (Å²) >= 11 is 0. The number of carbonyl (C=O) groups excluding carboxylic acids is 2. The molecular formula is C51H114N2O15S4. The normalized spacial score (nSPS) is 27.8. The molecule has 0 radical (unpaired) electrons. The summed E-state index contributed by atoms with van der Waals surface area (Å²) in [5, 5.41) is 91.2. The van der Waals surface area contributed by atoms with Crippen molar-refractivity contribution < 1.29 is 74.5 Å². The fourth-order valence-electron chi connectivity index (χ4n) is 6.06. The predicted octanol–water partition coefficient (Wildman–Crippen LogP) is 6.51. The zero-order valence-corrected chi connectivity index (χ0v) is 51.6. The first-order chi connectivity index (χ1) is 33.8. The highest BCUT2D eigenvalue weighted by molar-refractivity contribution is 8.76. The van der Waals surface area contributed by atoms with Gasteiger partial charge in [0.25, 0.3) is 0 Å². The van der Waals surface area contributed by atoms with E-state index < -0.39 is 104 Å². The maximum atomic E-state index is 11.7. The molecule has 3 aliphatic rings. The zero-order chi connectivity index (χ0) is 59.2. The maximum absolute atomic E-state index is 11.7. The van der Waals surface area contributed by atoms with Gasteiger partial charge in [0.05, 0.1) is 44.2 Å². The number of aliphatic hydroxyl groups excluding tert-OH is 9. The molecule has 0 saturated carbocycles. The third kappa shape index (κ3) is 42.1. The molecule has 72 heavy (non-hydrogen) atoms. The second kappa shape index (κ2) is 69.9. The van der Waals surface area contributed by atoms with Crippen molar-refractivity contribution in [3.05, 3.63) is 0 Å². The monoisotopic (exact) mass is 1120 g/mol. The zero-order valence-electron chi connectivity index (χ0n) is 48.4. The molecule has 0 aliphatic carbocycles. The van der Waals surface area contributed by atoms with Gasteiger partial charge in [0.15, 0.2) is 6.29 Å². The Balaban J connectivity index is -0.0000000840. The van der Waals surface area contributed by atoms with Crippen LogP contribution in [0.2, 0.25) is 0 Å². The molecule has 0 aromatic carbocycles. The Morgan fingerprint density at radius 1 is 0.514 bits per heavy atom. The van der Waals surface area contributed by atoms with E-state index in [-0.39, 0.29) is 37.9 Å². The number of terminal acetylenes is 2. The highest BCUT2D eigenvalue weighted by atomic mass is 33.1. The van der Waals surface area contributed by atoms with Crippen molar-refractivity contribution in [2.75, 3.05) is 52.0 Å². The SMILES string of the molecule is C.C#C.C#C.CC.CC.CC.CC.CC.CC.CC(=O)N[C@H]1C(O)[C@H](O)C(CO)O[C@H]1O[C@@H]1C(CO)O[C@@H](C(C)C)[C@@H](NC(C)=O)C1O.CC(C)C1OC(CO)C(O)[C@H](O)[C@@H]1C.CO.CSSC.CSSC. The fraction of sp³-hybridized carbons (Fsp3) is 0.882. The number of nitrogens with one attached hydrogen (secondary N) is 2. The third-order valence-electron chi connectivity index (χ3n) is 8.80. The second-order valence-electron chi connectivity index (χ2n) is 13.4. The van der Waals surface area contributed by atoms with E-state index in [1.54, 1.807) is 43.2 Å². The highest BCUT2D eigenvalue weighted by Gasteiger charge is 2.52. The first-order valence-corrected chi connectivity index (χ1v) is 30.4. The van der Waals surface area contributed by atoms with Gasteiger partial charge in [0, 0.05) is 26.9 Å². The van der Waals surface area contributed by atoms with Crippen LogP contribution in [-0.4, -0.2) is 195 Å². The molecule has 3 saturated heterocycles. The lowest BCUT2D eigenvalue weighted by Gasteiger charge is -2.49. The van der Waals surface area contributed by atoms with Crippen molar-refractivity contribution in [2.45, 2.75) is 224 Å². The van der Waals surface area contributed by atoms with Gasteiger partial charge in [0.1, 0.15) is 54.9 Å². The Morgan fingerprint density at radius 3 is 1.10 bits per heavy atom. The predicted molar refractivity (Wildman–Crippen MR) is 313 cm³/mol. The van der Waals surface area contributed by atoms with E-state index in [0.29, 0.717) is 0 Å². The molecule has 3 heterocycles. The van der Waals surface area contributed by atoms with Crippen LogP contribution >= 0.6 is 43.2 Å². The van der Waals surface area contributed by atoms with Crippen molar-refractivity contribution >= 4 is 55.0 Å². The summed E-state index contributed by atoms with van der Waals surface area (Å²) in [6.45, 7) is 34.6. The van der Waals surface area contributed by atoms with Gasteiger partial charge in [-0.15, -0.1) is 25.7 Å². The van der Waals surface area contributed by atoms with Gasteiger partial charge in [0.2, 0.25) is 11.8 Å². The molecule has 442 valence electrons. The number of carbonyl (C=O) groups is 2. The molecule has 17 nitrogen and oxygen atoms in total. The molecule has 15 atom stereocenters. The average molecular weight is 1120 g/mol. The molecule has 0 spiro atoms. The molecule has 7 unspecified atom stereocenters. The molecule has 3 fully saturated rings. The largest absolute Gasteiger partial charge is 0.400 e. The average Bonchev–Trinajstić information content (AvgIpc) is 3.41. The standard InChI is InChI=1S/C19H34N2O10.C10H20O4.2C2H6S2.6C2H6.2C2H2.CH4O.CH4/c1-7(2)17-12(20-8(3)24)16(28)18(11(6-23)29-17)31-19-13(21-9(4)25)15(27)14(26)10(5-22)30-19;1-5(2)10-6(3)8(12)9(13)7(4-11)14-10;2*1-3-4-2;9*1-2;/h7,10-19,22-23,26-28H,5-6H2,1-4H3,(H,20,24)(H,21,25);5-13H,4H2,1-3H3;2*1-2H3;6*1-2H3;2*1-2H;2H,1H3;1H4/t10?,11?,12-,13-,14+,15?,16?,17-,18+,19-;6-,7?,8+,9?,10?;;;;;;;;;;;;/m00............/s1. The van der Waals surface area contributed by atoms with Crippen LogP contribution in [0.4, 0.5) is 0 Å². The van der Waals surface area contributed by atoms with Gasteiger partial charge in [-0.05, 0) is 36.9 Å². The number of hydrogen-bond donors (Lipinski definition) is 11. The molecule has 3 rings (SSSR count). The summed E-state index contributed by atoms with van der Waals surface area (Å²) in [6.07, 6.45) is 11.9. The van der Waals surface area contributed by atoms with Gasteiger partial charge >= 0.3 is 0 Å². The highest BCUT2D eigenvalue weighted by Crippen LogP contribution is 2.32. The molecule has 11 N–H and O–H groups in total. The first kappa shape index (κ1) is 96.6. The molecule has 21 heteroatoms. The van der Waals surface area contributed by atoms with Gasteiger partial charge in [-0.25, -0.2) is 0 Å². The number of amides is 2. The van der Waals surface area contributed by atoms with Gasteiger partial charge in [-0.1, -0.05) is 168 Å². The Labute approximate surface area is 457 Å². The van der Waals surface area contributed by atoms with Crippen LogP contribution in [0.3, 0.4) is 0 Å². The quantitative estimate of drug-likeness (QED) is 0.0777. The summed E-state index contributed by atoms with van der Waals surface area (Å²) in [4.78, 5) is 23.3. The Bertz CT molecular complexity index is 1090. The van der Waals surface area contributed by atoms with Gasteiger partial charge in [-0.3, -0.25) is 9.59 Å². The lowest BCUT2D eigenvalue weighted by molar-refractivity contribution is -0.316. The lowest BCUT2D eigenvalue weighted by Crippen LogP contribution is -2.69. The van der Waals surface area contributed by atoms with Crippen LogP contribution in [0.5, 0.6) is 0 Å². The van der Waals surface area contributed by atoms with Crippen LogP contribution in [0, 0.1) is 43.4 Å². The molecule has 0 aromatic heterocycles. The molecule has 3 aliphatic heterocycles. The van der Waals surface area contributed by atoms with E-state index in [1.165, 1.54) is 13.8 Å². The number of rotatable bonds is 11. The van der Waals surface area contributed by atoms with Crippen LogP contribution in [0.1, 0.15) is 139 Å². The van der Waals surface area contributed by atoms with Crippen LogP contribution < -0.4 is 10.6 Å². The molecular weight excluding hydrogens is 1010 g/mol. The Morgan fingerprint density at radius 2 is 0.806 bits per heavy atom. The third-order valence-corrected chi connectivity index (χ3v) is 11.5. The minimum absolute atomic E-state index is 0. The summed E-state index contributed by atoms with van der Waals surface area (Å²) in [7, 11) is 8.09.